The highest BCUT2D eigenvalue weighted by molar-refractivity contribution is 9.10. The zero-order valence-corrected chi connectivity index (χ0v) is 12.7. The van der Waals surface area contributed by atoms with Crippen molar-refractivity contribution in [3.8, 4) is 0 Å². The van der Waals surface area contributed by atoms with Gasteiger partial charge in [0.2, 0.25) is 5.91 Å². The molecule has 0 radical (unpaired) electrons. The number of primary amides is 1. The van der Waals surface area contributed by atoms with E-state index in [-0.39, 0.29) is 6.10 Å². The molecule has 1 aliphatic rings. The summed E-state index contributed by atoms with van der Waals surface area (Å²) in [6, 6.07) is 4.83. The van der Waals surface area contributed by atoms with Gasteiger partial charge in [-0.05, 0) is 46.5 Å². The fourth-order valence-electron chi connectivity index (χ4n) is 2.13. The summed E-state index contributed by atoms with van der Waals surface area (Å²) in [5.74, 6) is -0.420. The lowest BCUT2D eigenvalue weighted by molar-refractivity contribution is -0.120. The predicted octanol–water partition coefficient (Wildman–Crippen LogP) is 2.40. The van der Waals surface area contributed by atoms with Crippen molar-refractivity contribution in [2.24, 2.45) is 5.73 Å². The number of nitrogens with two attached hydrogens (primary N) is 1. The van der Waals surface area contributed by atoms with E-state index in [1.54, 1.807) is 12.1 Å². The van der Waals surface area contributed by atoms with Crippen LogP contribution in [0.4, 0.5) is 0 Å². The van der Waals surface area contributed by atoms with Crippen LogP contribution in [0.3, 0.4) is 0 Å². The molecule has 0 aliphatic carbocycles. The Morgan fingerprint density at radius 2 is 2.42 bits per heavy atom. The third-order valence-corrected chi connectivity index (χ3v) is 4.37. The van der Waals surface area contributed by atoms with Crippen molar-refractivity contribution in [1.29, 1.82) is 0 Å². The van der Waals surface area contributed by atoms with Crippen LogP contribution in [0.2, 0.25) is 5.02 Å². The fraction of sp³-hybridized carbons (Fsp3) is 0.462. The maximum absolute atomic E-state index is 11.6. The third-order valence-electron chi connectivity index (χ3n) is 3.14. The van der Waals surface area contributed by atoms with E-state index < -0.39 is 11.9 Å². The van der Waals surface area contributed by atoms with Gasteiger partial charge in [0.1, 0.15) is 6.04 Å². The van der Waals surface area contributed by atoms with Gasteiger partial charge in [-0.3, -0.25) is 10.1 Å². The van der Waals surface area contributed by atoms with Gasteiger partial charge in [-0.25, -0.2) is 0 Å². The minimum absolute atomic E-state index is 0.160. The molecular formula is C13H16BrClN2O2. The van der Waals surface area contributed by atoms with E-state index in [2.05, 4.69) is 21.2 Å². The third kappa shape index (κ3) is 3.92. The van der Waals surface area contributed by atoms with Crippen LogP contribution in [0, 0.1) is 0 Å². The van der Waals surface area contributed by atoms with Crippen LogP contribution >= 0.6 is 27.5 Å². The Hall–Kier alpha value is -0.620. The lowest BCUT2D eigenvalue weighted by Gasteiger charge is -2.19. The van der Waals surface area contributed by atoms with Crippen LogP contribution in [0.15, 0.2) is 22.7 Å². The predicted molar refractivity (Wildman–Crippen MR) is 78.1 cm³/mol. The van der Waals surface area contributed by atoms with Gasteiger partial charge in [-0.15, -0.1) is 0 Å². The van der Waals surface area contributed by atoms with E-state index in [0.29, 0.717) is 11.6 Å². The molecule has 0 aromatic heterocycles. The molecule has 1 aromatic rings. The van der Waals surface area contributed by atoms with Crippen molar-refractivity contribution in [2.45, 2.75) is 25.0 Å². The average molecular weight is 348 g/mol. The maximum Gasteiger partial charge on any atom is 0.239 e. The highest BCUT2D eigenvalue weighted by Gasteiger charge is 2.22. The van der Waals surface area contributed by atoms with E-state index in [0.717, 1.165) is 29.5 Å². The number of rotatable bonds is 5. The molecule has 2 rings (SSSR count). The first-order valence-corrected chi connectivity index (χ1v) is 7.34. The maximum atomic E-state index is 11.6. The van der Waals surface area contributed by atoms with Gasteiger partial charge >= 0.3 is 0 Å². The summed E-state index contributed by atoms with van der Waals surface area (Å²) < 4.78 is 6.31. The highest BCUT2D eigenvalue weighted by atomic mass is 79.9. The SMILES string of the molecule is NC(=O)C(NCC1CCCO1)c1ccc(Br)c(Cl)c1. The average Bonchev–Trinajstić information content (AvgIpc) is 2.86. The Balaban J connectivity index is 2.05. The molecular weight excluding hydrogens is 332 g/mol. The lowest BCUT2D eigenvalue weighted by Crippen LogP contribution is -2.37. The molecule has 0 saturated carbocycles. The van der Waals surface area contributed by atoms with E-state index in [1.807, 2.05) is 6.07 Å². The number of carbonyl (C=O) groups is 1. The minimum atomic E-state index is -0.546. The van der Waals surface area contributed by atoms with Crippen LogP contribution in [-0.2, 0) is 9.53 Å². The van der Waals surface area contributed by atoms with Gasteiger partial charge in [-0.1, -0.05) is 17.7 Å². The number of carbonyl (C=O) groups excluding carboxylic acids is 1. The number of hydrogen-bond donors (Lipinski definition) is 2. The van der Waals surface area contributed by atoms with Crippen LogP contribution < -0.4 is 11.1 Å². The monoisotopic (exact) mass is 346 g/mol. The number of benzene rings is 1. The smallest absolute Gasteiger partial charge is 0.239 e. The van der Waals surface area contributed by atoms with E-state index in [9.17, 15) is 4.79 Å². The normalized spacial score (nSPS) is 20.4. The molecule has 2 atom stereocenters. The second kappa shape index (κ2) is 6.70. The van der Waals surface area contributed by atoms with Crippen LogP contribution in [-0.4, -0.2) is 25.2 Å². The topological polar surface area (TPSA) is 64.4 Å². The van der Waals surface area contributed by atoms with Crippen molar-refractivity contribution in [3.05, 3.63) is 33.3 Å². The van der Waals surface area contributed by atoms with Gasteiger partial charge < -0.3 is 10.5 Å². The molecule has 2 unspecified atom stereocenters. The fourth-order valence-corrected chi connectivity index (χ4v) is 2.56. The molecule has 104 valence electrons. The molecule has 1 aromatic carbocycles. The van der Waals surface area contributed by atoms with Gasteiger partial charge in [0.05, 0.1) is 11.1 Å². The Labute approximate surface area is 125 Å². The molecule has 0 bridgehead atoms. The molecule has 1 heterocycles. The number of halogens is 2. The molecule has 4 nitrogen and oxygen atoms in total. The van der Waals surface area contributed by atoms with E-state index >= 15 is 0 Å². The first-order valence-electron chi connectivity index (χ1n) is 6.17. The van der Waals surface area contributed by atoms with Crippen LogP contribution in [0.25, 0.3) is 0 Å². The summed E-state index contributed by atoms with van der Waals surface area (Å²) in [6.07, 6.45) is 2.24. The lowest BCUT2D eigenvalue weighted by atomic mass is 10.1. The first kappa shape index (κ1) is 14.8. The van der Waals surface area contributed by atoms with E-state index in [1.165, 1.54) is 0 Å². The summed E-state index contributed by atoms with van der Waals surface area (Å²) in [7, 11) is 0. The first-order chi connectivity index (χ1) is 9.08. The summed E-state index contributed by atoms with van der Waals surface area (Å²) in [5.41, 5.74) is 6.21. The zero-order chi connectivity index (χ0) is 13.8. The summed E-state index contributed by atoms with van der Waals surface area (Å²) in [6.45, 7) is 1.40. The van der Waals surface area contributed by atoms with Gasteiger partial charge in [0.15, 0.2) is 0 Å². The largest absolute Gasteiger partial charge is 0.377 e. The Morgan fingerprint density at radius 3 is 3.00 bits per heavy atom. The highest BCUT2D eigenvalue weighted by Crippen LogP contribution is 2.26. The molecule has 1 amide bonds. The second-order valence-electron chi connectivity index (χ2n) is 4.55. The Morgan fingerprint density at radius 1 is 1.63 bits per heavy atom. The molecule has 0 spiro atoms. The zero-order valence-electron chi connectivity index (χ0n) is 10.4. The Bertz CT molecular complexity index is 464. The standard InChI is InChI=1S/C13H16BrClN2O2/c14-10-4-3-8(6-11(10)15)12(13(16)18)17-7-9-2-1-5-19-9/h3-4,6,9,12,17H,1-2,5,7H2,(H2,16,18). The molecule has 6 heteroatoms. The number of nitrogens with one attached hydrogen (secondary N) is 1. The number of hydrogen-bond acceptors (Lipinski definition) is 3. The van der Waals surface area contributed by atoms with Crippen LogP contribution in [0.1, 0.15) is 24.4 Å². The molecule has 1 saturated heterocycles. The summed E-state index contributed by atoms with van der Waals surface area (Å²) in [4.78, 5) is 11.6. The second-order valence-corrected chi connectivity index (χ2v) is 5.81. The Kier molecular flexibility index (Phi) is 5.21. The van der Waals surface area contributed by atoms with Crippen molar-refractivity contribution < 1.29 is 9.53 Å². The quantitative estimate of drug-likeness (QED) is 0.859. The summed E-state index contributed by atoms with van der Waals surface area (Å²) in [5, 5.41) is 3.71. The van der Waals surface area contributed by atoms with Crippen molar-refractivity contribution >= 4 is 33.4 Å². The van der Waals surface area contributed by atoms with Crippen molar-refractivity contribution in [3.63, 3.8) is 0 Å². The van der Waals surface area contributed by atoms with Crippen LogP contribution in [0.5, 0.6) is 0 Å². The van der Waals surface area contributed by atoms with Crippen molar-refractivity contribution in [2.75, 3.05) is 13.2 Å². The van der Waals surface area contributed by atoms with E-state index in [4.69, 9.17) is 22.1 Å². The number of ether oxygens (including phenoxy) is 1. The number of amides is 1. The molecule has 3 N–H and O–H groups in total. The van der Waals surface area contributed by atoms with Gasteiger partial charge in [0.25, 0.3) is 0 Å². The molecule has 1 fully saturated rings. The minimum Gasteiger partial charge on any atom is -0.377 e. The van der Waals surface area contributed by atoms with Gasteiger partial charge in [0, 0.05) is 17.6 Å². The van der Waals surface area contributed by atoms with Crippen molar-refractivity contribution in [1.82, 2.24) is 5.32 Å². The van der Waals surface area contributed by atoms with Gasteiger partial charge in [-0.2, -0.15) is 0 Å². The molecule has 1 aliphatic heterocycles. The molecule has 19 heavy (non-hydrogen) atoms. The summed E-state index contributed by atoms with van der Waals surface area (Å²) >= 11 is 9.36.